The molecule has 2 aromatic carbocycles. The van der Waals surface area contributed by atoms with E-state index in [4.69, 9.17) is 0 Å². The van der Waals surface area contributed by atoms with E-state index < -0.39 is 0 Å². The molecule has 0 heterocycles. The number of hydrogen-bond donors (Lipinski definition) is 1. The van der Waals surface area contributed by atoms with E-state index in [9.17, 15) is 0 Å². The average Bonchev–Trinajstić information content (AvgIpc) is 2.59. The molecule has 0 aliphatic carbocycles. The summed E-state index contributed by atoms with van der Waals surface area (Å²) in [5, 5.41) is 3.69. The first-order valence-corrected chi connectivity index (χ1v) is 8.28. The maximum Gasteiger partial charge on any atom is 0.0357 e. The lowest BCUT2D eigenvalue weighted by Crippen LogP contribution is -2.20. The Hall–Kier alpha value is -1.86. The third kappa shape index (κ3) is 5.50. The Bertz CT molecular complexity index is 545. The highest BCUT2D eigenvalue weighted by atomic mass is 14.9. The van der Waals surface area contributed by atoms with Crippen LogP contribution in [-0.4, -0.2) is 0 Å². The lowest BCUT2D eigenvalue weighted by Gasteiger charge is -2.18. The molecule has 2 aromatic rings. The van der Waals surface area contributed by atoms with Crippen LogP contribution in [0, 0.1) is 5.92 Å². The van der Waals surface area contributed by atoms with Gasteiger partial charge in [-0.25, -0.2) is 0 Å². The quantitative estimate of drug-likeness (QED) is 0.633. The van der Waals surface area contributed by atoms with Crippen LogP contribution in [0.4, 0.5) is 0 Å². The molecule has 1 heteroatoms. The number of hydrogen-bond acceptors (Lipinski definition) is 1. The van der Waals surface area contributed by atoms with Crippen LogP contribution in [0.15, 0.2) is 72.8 Å². The highest BCUT2D eigenvalue weighted by Gasteiger charge is 2.09. The molecule has 0 unspecified atom stereocenters. The molecule has 0 spiro atoms. The Labute approximate surface area is 135 Å². The Morgan fingerprint density at radius 3 is 2.23 bits per heavy atom. The van der Waals surface area contributed by atoms with Crippen LogP contribution in [0.1, 0.15) is 43.9 Å². The van der Waals surface area contributed by atoms with Crippen molar-refractivity contribution < 1.29 is 0 Å². The molecular formula is C21H27N. The molecule has 0 aliphatic heterocycles. The monoisotopic (exact) mass is 293 g/mol. The Balaban J connectivity index is 2.00. The zero-order chi connectivity index (χ0) is 15.6. The smallest absolute Gasteiger partial charge is 0.0357 e. The van der Waals surface area contributed by atoms with Crippen LogP contribution in [0.5, 0.6) is 0 Å². The second kappa shape index (κ2) is 9.22. The lowest BCUT2D eigenvalue weighted by molar-refractivity contribution is 0.536. The summed E-state index contributed by atoms with van der Waals surface area (Å²) >= 11 is 0. The fourth-order valence-corrected chi connectivity index (χ4v) is 2.44. The van der Waals surface area contributed by atoms with Crippen molar-refractivity contribution in [2.45, 2.75) is 39.3 Å². The van der Waals surface area contributed by atoms with Crippen LogP contribution < -0.4 is 5.32 Å². The first-order chi connectivity index (χ1) is 10.8. The molecular weight excluding hydrogens is 266 g/mol. The van der Waals surface area contributed by atoms with Crippen molar-refractivity contribution in [2.75, 3.05) is 0 Å². The molecule has 116 valence electrons. The first kappa shape index (κ1) is 16.5. The summed E-state index contributed by atoms with van der Waals surface area (Å²) in [5.74, 6) is 0.658. The van der Waals surface area contributed by atoms with Gasteiger partial charge in [-0.05, 0) is 23.5 Å². The van der Waals surface area contributed by atoms with Crippen molar-refractivity contribution in [1.82, 2.24) is 5.32 Å². The summed E-state index contributed by atoms with van der Waals surface area (Å²) in [7, 11) is 0. The van der Waals surface area contributed by atoms with E-state index in [-0.39, 0.29) is 0 Å². The minimum absolute atomic E-state index is 0.363. The normalized spacial score (nSPS) is 14.1. The molecule has 0 saturated carbocycles. The second-order valence-electron chi connectivity index (χ2n) is 5.88. The van der Waals surface area contributed by atoms with Crippen LogP contribution in [0.3, 0.4) is 0 Å². The highest BCUT2D eigenvalue weighted by Crippen LogP contribution is 2.18. The van der Waals surface area contributed by atoms with Crippen LogP contribution in [-0.2, 0) is 6.54 Å². The topological polar surface area (TPSA) is 12.0 Å². The van der Waals surface area contributed by atoms with Gasteiger partial charge >= 0.3 is 0 Å². The molecule has 0 aromatic heterocycles. The van der Waals surface area contributed by atoms with Gasteiger partial charge in [0.15, 0.2) is 0 Å². The van der Waals surface area contributed by atoms with Gasteiger partial charge < -0.3 is 5.32 Å². The largest absolute Gasteiger partial charge is 0.306 e. The Kier molecular flexibility index (Phi) is 6.92. The fourth-order valence-electron chi connectivity index (χ4n) is 2.44. The van der Waals surface area contributed by atoms with E-state index in [1.54, 1.807) is 0 Å². The average molecular weight is 293 g/mol. The molecule has 0 bridgehead atoms. The van der Waals surface area contributed by atoms with Crippen molar-refractivity contribution in [1.29, 1.82) is 0 Å². The van der Waals surface area contributed by atoms with Gasteiger partial charge in [0.2, 0.25) is 0 Å². The Morgan fingerprint density at radius 2 is 1.59 bits per heavy atom. The number of nitrogens with one attached hydrogen (secondary N) is 1. The van der Waals surface area contributed by atoms with E-state index in [1.165, 1.54) is 17.5 Å². The molecule has 1 N–H and O–H groups in total. The van der Waals surface area contributed by atoms with E-state index in [2.05, 4.69) is 92.0 Å². The zero-order valence-corrected chi connectivity index (χ0v) is 13.7. The molecule has 1 nitrogen and oxygen atoms in total. The minimum atomic E-state index is 0.363. The fraction of sp³-hybridized carbons (Fsp3) is 0.333. The van der Waals surface area contributed by atoms with Crippen LogP contribution in [0.2, 0.25) is 0 Å². The summed E-state index contributed by atoms with van der Waals surface area (Å²) in [6.07, 6.45) is 6.88. The van der Waals surface area contributed by atoms with Gasteiger partial charge in [-0.15, -0.1) is 0 Å². The number of rotatable bonds is 8. The van der Waals surface area contributed by atoms with E-state index >= 15 is 0 Å². The van der Waals surface area contributed by atoms with Gasteiger partial charge in [0.05, 0.1) is 0 Å². The van der Waals surface area contributed by atoms with Crippen molar-refractivity contribution in [3.8, 4) is 0 Å². The summed E-state index contributed by atoms with van der Waals surface area (Å²) in [6, 6.07) is 21.7. The van der Waals surface area contributed by atoms with Crippen molar-refractivity contribution in [3.63, 3.8) is 0 Å². The first-order valence-electron chi connectivity index (χ1n) is 8.28. The standard InChI is InChI=1S/C21H27N/c1-3-18(2)11-10-16-21(20-14-8-5-9-15-20)22-17-19-12-6-4-7-13-19/h4-15,18,21-22H,3,16-17H2,1-2H3/b11-10+/t18-,21+/m0/s1. The third-order valence-electron chi connectivity index (χ3n) is 4.08. The minimum Gasteiger partial charge on any atom is -0.306 e. The van der Waals surface area contributed by atoms with Crippen LogP contribution in [0.25, 0.3) is 0 Å². The van der Waals surface area contributed by atoms with Gasteiger partial charge in [-0.1, -0.05) is 93.1 Å². The van der Waals surface area contributed by atoms with Gasteiger partial charge in [0, 0.05) is 12.6 Å². The summed E-state index contributed by atoms with van der Waals surface area (Å²) in [4.78, 5) is 0. The number of benzene rings is 2. The van der Waals surface area contributed by atoms with E-state index in [0.29, 0.717) is 12.0 Å². The molecule has 0 saturated heterocycles. The molecule has 0 radical (unpaired) electrons. The van der Waals surface area contributed by atoms with E-state index in [0.717, 1.165) is 13.0 Å². The predicted octanol–water partition coefficient (Wildman–Crippen LogP) is 5.51. The highest BCUT2D eigenvalue weighted by molar-refractivity contribution is 5.21. The summed E-state index contributed by atoms with van der Waals surface area (Å²) in [5.41, 5.74) is 2.68. The van der Waals surface area contributed by atoms with Crippen molar-refractivity contribution in [3.05, 3.63) is 83.9 Å². The molecule has 2 atom stereocenters. The van der Waals surface area contributed by atoms with Crippen LogP contribution >= 0.6 is 0 Å². The Morgan fingerprint density at radius 1 is 0.955 bits per heavy atom. The molecule has 0 fully saturated rings. The summed E-state index contributed by atoms with van der Waals surface area (Å²) in [6.45, 7) is 5.40. The van der Waals surface area contributed by atoms with Gasteiger partial charge in [-0.2, -0.15) is 0 Å². The SMILES string of the molecule is CC[C@H](C)/C=C/C[C@@H](NCc1ccccc1)c1ccccc1. The van der Waals surface area contributed by atoms with Crippen molar-refractivity contribution in [2.24, 2.45) is 5.92 Å². The second-order valence-corrected chi connectivity index (χ2v) is 5.88. The van der Waals surface area contributed by atoms with Gasteiger partial charge in [0.1, 0.15) is 0 Å². The summed E-state index contributed by atoms with van der Waals surface area (Å²) < 4.78 is 0. The van der Waals surface area contributed by atoms with E-state index in [1.807, 2.05) is 0 Å². The zero-order valence-electron chi connectivity index (χ0n) is 13.7. The third-order valence-corrected chi connectivity index (χ3v) is 4.08. The van der Waals surface area contributed by atoms with Crippen molar-refractivity contribution >= 4 is 0 Å². The predicted molar refractivity (Wildman–Crippen MR) is 95.7 cm³/mol. The van der Waals surface area contributed by atoms with Gasteiger partial charge in [0.25, 0.3) is 0 Å². The van der Waals surface area contributed by atoms with Gasteiger partial charge in [-0.3, -0.25) is 0 Å². The molecule has 2 rings (SSSR count). The molecule has 0 amide bonds. The maximum absolute atomic E-state index is 3.69. The number of allylic oxidation sites excluding steroid dienone is 1. The lowest BCUT2D eigenvalue weighted by atomic mass is 10.0. The maximum atomic E-state index is 3.69. The molecule has 22 heavy (non-hydrogen) atoms. The molecule has 0 aliphatic rings.